The molecule has 12 heteroatoms. The molecule has 1 unspecified atom stereocenters. The van der Waals surface area contributed by atoms with Gasteiger partial charge in [-0.25, -0.2) is 18.4 Å². The fourth-order valence-corrected chi connectivity index (χ4v) is 6.50. The number of rotatable bonds is 11. The molecule has 6 rings (SSSR count). The molecule has 1 amide bonds. The molecule has 1 aliphatic heterocycles. The van der Waals surface area contributed by atoms with Crippen LogP contribution < -0.4 is 24.8 Å². The van der Waals surface area contributed by atoms with E-state index in [1.165, 1.54) is 31.9 Å². The van der Waals surface area contributed by atoms with Crippen LogP contribution in [0.5, 0.6) is 11.5 Å². The molecule has 0 aliphatic carbocycles. The van der Waals surface area contributed by atoms with Crippen LogP contribution in [-0.2, 0) is 14.8 Å². The smallest absolute Gasteiger partial charge is 0.263 e. The number of aromatic nitrogens is 2. The Morgan fingerprint density at radius 2 is 1.72 bits per heavy atom. The highest BCUT2D eigenvalue weighted by Gasteiger charge is 2.27. The van der Waals surface area contributed by atoms with Crippen LogP contribution in [0.2, 0.25) is 0 Å². The Bertz CT molecular complexity index is 1950. The van der Waals surface area contributed by atoms with E-state index in [-0.39, 0.29) is 35.0 Å². The van der Waals surface area contributed by atoms with Gasteiger partial charge in [0.05, 0.1) is 25.7 Å². The van der Waals surface area contributed by atoms with E-state index >= 15 is 0 Å². The van der Waals surface area contributed by atoms with Crippen LogP contribution in [-0.4, -0.2) is 56.5 Å². The van der Waals surface area contributed by atoms with Crippen LogP contribution in [0, 0.1) is 12.1 Å². The largest absolute Gasteiger partial charge is 0.497 e. The summed E-state index contributed by atoms with van der Waals surface area (Å²) in [6.45, 7) is 1.01. The fourth-order valence-electron chi connectivity index (χ4n) is 5.44. The van der Waals surface area contributed by atoms with Gasteiger partial charge in [-0.15, -0.1) is 0 Å². The molecule has 0 bridgehead atoms. The molecule has 11 nitrogen and oxygen atoms in total. The van der Waals surface area contributed by atoms with E-state index in [1.54, 1.807) is 42.5 Å². The summed E-state index contributed by atoms with van der Waals surface area (Å²) in [4.78, 5) is 24.2. The number of ether oxygens (including phenoxy) is 2. The monoisotopic (exact) mass is 636 g/mol. The van der Waals surface area contributed by atoms with Crippen molar-refractivity contribution in [3.63, 3.8) is 0 Å². The first-order chi connectivity index (χ1) is 22.3. The summed E-state index contributed by atoms with van der Waals surface area (Å²) in [5.41, 5.74) is 2.88. The number of nitrogens with zero attached hydrogens (tertiary/aromatic N) is 3. The van der Waals surface area contributed by atoms with Crippen molar-refractivity contribution >= 4 is 50.0 Å². The molecule has 0 radical (unpaired) electrons. The number of amides is 1. The minimum Gasteiger partial charge on any atom is -0.497 e. The van der Waals surface area contributed by atoms with Crippen LogP contribution in [0.3, 0.4) is 0 Å². The van der Waals surface area contributed by atoms with E-state index in [1.807, 2.05) is 18.2 Å². The molecule has 5 aromatic rings. The fraction of sp³-hybridized carbons (Fsp3) is 0.206. The van der Waals surface area contributed by atoms with Gasteiger partial charge in [0.1, 0.15) is 22.5 Å². The quantitative estimate of drug-likeness (QED) is 0.170. The summed E-state index contributed by atoms with van der Waals surface area (Å²) < 4.78 is 40.6. The number of sulfonamides is 1. The lowest BCUT2D eigenvalue weighted by Crippen LogP contribution is -2.33. The number of fused-ring (bicyclic) bond motifs is 1. The summed E-state index contributed by atoms with van der Waals surface area (Å²) in [6, 6.07) is 30.5. The molecule has 46 heavy (non-hydrogen) atoms. The number of carbonyl (C=O) groups is 1. The summed E-state index contributed by atoms with van der Waals surface area (Å²) in [7, 11) is -1.11. The molecule has 1 atom stereocenters. The maximum absolute atomic E-state index is 13.7. The Labute approximate surface area is 267 Å². The van der Waals surface area contributed by atoms with E-state index in [9.17, 15) is 13.2 Å². The third kappa shape index (κ3) is 6.96. The maximum atomic E-state index is 13.7. The second-order valence-corrected chi connectivity index (χ2v) is 12.4. The number of benzene rings is 3. The molecule has 4 aromatic carbocycles. The minimum absolute atomic E-state index is 0.0550. The molecule has 0 saturated carbocycles. The van der Waals surface area contributed by atoms with Gasteiger partial charge in [-0.2, -0.15) is 0 Å². The summed E-state index contributed by atoms with van der Waals surface area (Å²) in [6.07, 6.45) is 1.98. The number of hydrogen-bond donors (Lipinski definition) is 3. The second-order valence-electron chi connectivity index (χ2n) is 10.7. The molecule has 1 aliphatic rings. The molecule has 1 aromatic heterocycles. The third-order valence-electron chi connectivity index (χ3n) is 7.61. The van der Waals surface area contributed by atoms with Gasteiger partial charge in [0.15, 0.2) is 11.6 Å². The van der Waals surface area contributed by atoms with Crippen LogP contribution in [0.4, 0.5) is 23.0 Å². The van der Waals surface area contributed by atoms with E-state index in [2.05, 4.69) is 54.5 Å². The van der Waals surface area contributed by atoms with Gasteiger partial charge < -0.3 is 20.1 Å². The molecule has 2 heterocycles. The number of nitrogens with one attached hydrogen (secondary N) is 3. The van der Waals surface area contributed by atoms with Gasteiger partial charge in [-0.1, -0.05) is 42.5 Å². The predicted molar refractivity (Wildman–Crippen MR) is 176 cm³/mol. The van der Waals surface area contributed by atoms with E-state index in [0.717, 1.165) is 19.4 Å². The van der Waals surface area contributed by atoms with Crippen molar-refractivity contribution in [1.29, 1.82) is 0 Å². The van der Waals surface area contributed by atoms with Crippen molar-refractivity contribution in [2.24, 2.45) is 0 Å². The highest BCUT2D eigenvalue weighted by molar-refractivity contribution is 7.92. The van der Waals surface area contributed by atoms with Crippen molar-refractivity contribution in [1.82, 2.24) is 14.9 Å². The third-order valence-corrected chi connectivity index (χ3v) is 8.94. The van der Waals surface area contributed by atoms with E-state index < -0.39 is 10.0 Å². The second kappa shape index (κ2) is 13.3. The van der Waals surface area contributed by atoms with Crippen LogP contribution in [0.15, 0.2) is 89.8 Å². The molecule has 3 N–H and O–H groups in total. The average Bonchev–Trinajstić information content (AvgIpc) is 3.53. The SMILES string of the molecule is COc1cc(Nc2nc3ccc#cc3nc2NS(=O)(=O)c2cccc(NC(=O)CN3CCCC3c3ccccc3)c2)cc(OC)c1. The van der Waals surface area contributed by atoms with Crippen molar-refractivity contribution in [3.05, 3.63) is 103 Å². The van der Waals surface area contributed by atoms with Crippen molar-refractivity contribution in [2.45, 2.75) is 23.8 Å². The van der Waals surface area contributed by atoms with Gasteiger partial charge in [0.25, 0.3) is 10.0 Å². The van der Waals surface area contributed by atoms with Crippen LogP contribution >= 0.6 is 0 Å². The number of anilines is 4. The molecular formula is C34H32N6O5S. The normalized spacial score (nSPS) is 14.8. The molecule has 1 saturated heterocycles. The molecule has 1 fully saturated rings. The number of methoxy groups -OCH3 is 2. The maximum Gasteiger partial charge on any atom is 0.263 e. The Balaban J connectivity index is 1.22. The first-order valence-electron chi connectivity index (χ1n) is 14.6. The van der Waals surface area contributed by atoms with Gasteiger partial charge in [0, 0.05) is 35.6 Å². The number of hydrogen-bond acceptors (Lipinski definition) is 9. The molecular weight excluding hydrogens is 604 g/mol. The minimum atomic E-state index is -4.18. The van der Waals surface area contributed by atoms with E-state index in [4.69, 9.17) is 9.47 Å². The zero-order chi connectivity index (χ0) is 32.1. The van der Waals surface area contributed by atoms with E-state index in [0.29, 0.717) is 33.9 Å². The van der Waals surface area contributed by atoms with Crippen molar-refractivity contribution < 1.29 is 22.7 Å². The lowest BCUT2D eigenvalue weighted by atomic mass is 10.0. The van der Waals surface area contributed by atoms with Gasteiger partial charge in [0.2, 0.25) is 5.91 Å². The summed E-state index contributed by atoms with van der Waals surface area (Å²) in [5, 5.41) is 5.99. The van der Waals surface area contributed by atoms with Gasteiger partial charge >= 0.3 is 0 Å². The summed E-state index contributed by atoms with van der Waals surface area (Å²) in [5.74, 6) is 0.923. The number of likely N-dealkylation sites (tertiary alicyclic amines) is 1. The Kier molecular flexibility index (Phi) is 8.87. The standard InChI is InChI=1S/C34H32N6O5S/c1-44-26-18-25(19-27(21-26)45-2)36-33-34(38-30-15-7-6-14-29(30)37-33)39-46(42,43)28-13-8-12-24(20-28)35-32(41)22-40-17-9-16-31(40)23-10-4-3-5-11-23/h3-6,8,10-14,18-21,31H,9,16-17,22H2,1-2H3,(H,35,41)(H,36,37)(H,38,39). The van der Waals surface area contributed by atoms with Gasteiger partial charge in [-0.05, 0) is 61.3 Å². The Morgan fingerprint density at radius 1 is 0.935 bits per heavy atom. The zero-order valence-corrected chi connectivity index (χ0v) is 26.1. The lowest BCUT2D eigenvalue weighted by Gasteiger charge is -2.24. The first-order valence-corrected chi connectivity index (χ1v) is 16.1. The zero-order valence-electron chi connectivity index (χ0n) is 25.3. The predicted octanol–water partition coefficient (Wildman–Crippen LogP) is 5.57. The highest BCUT2D eigenvalue weighted by Crippen LogP contribution is 2.33. The Hall–Kier alpha value is -5.38. The lowest BCUT2D eigenvalue weighted by molar-refractivity contribution is -0.117. The Morgan fingerprint density at radius 3 is 2.48 bits per heavy atom. The average molecular weight is 637 g/mol. The number of carbonyl (C=O) groups excluding carboxylic acids is 1. The van der Waals surface area contributed by atoms with Crippen molar-refractivity contribution in [2.75, 3.05) is 42.7 Å². The van der Waals surface area contributed by atoms with Crippen LogP contribution in [0.25, 0.3) is 11.0 Å². The highest BCUT2D eigenvalue weighted by atomic mass is 32.2. The van der Waals surface area contributed by atoms with Crippen molar-refractivity contribution in [3.8, 4) is 11.5 Å². The van der Waals surface area contributed by atoms with Crippen LogP contribution in [0.1, 0.15) is 24.4 Å². The topological polar surface area (TPSA) is 135 Å². The first kappa shape index (κ1) is 30.6. The summed E-state index contributed by atoms with van der Waals surface area (Å²) >= 11 is 0. The molecule has 234 valence electrons. The van der Waals surface area contributed by atoms with Gasteiger partial charge in [-0.3, -0.25) is 14.4 Å². The molecule has 0 spiro atoms.